The Morgan fingerprint density at radius 2 is 2.00 bits per heavy atom. The van der Waals surface area contributed by atoms with Crippen LogP contribution in [-0.4, -0.2) is 31.1 Å². The van der Waals surface area contributed by atoms with E-state index in [0.717, 1.165) is 37.6 Å². The predicted molar refractivity (Wildman–Crippen MR) is 81.3 cm³/mol. The van der Waals surface area contributed by atoms with Crippen molar-refractivity contribution >= 4 is 0 Å². The summed E-state index contributed by atoms with van der Waals surface area (Å²) in [6.45, 7) is 14.1. The summed E-state index contributed by atoms with van der Waals surface area (Å²) in [7, 11) is 2.16. The maximum atomic E-state index is 5.62. The van der Waals surface area contributed by atoms with Gasteiger partial charge in [0.1, 0.15) is 11.5 Å². The van der Waals surface area contributed by atoms with Crippen molar-refractivity contribution in [1.29, 1.82) is 0 Å². The summed E-state index contributed by atoms with van der Waals surface area (Å²) in [5.41, 5.74) is 0.304. The second-order valence-corrected chi connectivity index (χ2v) is 6.52. The number of nitrogens with zero attached hydrogens (tertiary/aromatic N) is 1. The molecule has 1 atom stereocenters. The molecule has 0 bridgehead atoms. The van der Waals surface area contributed by atoms with Crippen LogP contribution < -0.4 is 5.32 Å². The molecule has 110 valence electrons. The third kappa shape index (κ3) is 5.79. The van der Waals surface area contributed by atoms with Crippen molar-refractivity contribution in [2.45, 2.75) is 53.6 Å². The smallest absolute Gasteiger partial charge is 0.118 e. The fourth-order valence-electron chi connectivity index (χ4n) is 2.35. The molecular weight excluding hydrogens is 236 g/mol. The van der Waals surface area contributed by atoms with Crippen molar-refractivity contribution < 1.29 is 4.42 Å². The zero-order valence-electron chi connectivity index (χ0n) is 13.4. The van der Waals surface area contributed by atoms with Crippen LogP contribution in [0, 0.1) is 12.3 Å². The molecular formula is C16H30N2O. The maximum Gasteiger partial charge on any atom is 0.118 e. The summed E-state index contributed by atoms with van der Waals surface area (Å²) in [4.78, 5) is 2.33. The van der Waals surface area contributed by atoms with Gasteiger partial charge in [0.05, 0.1) is 6.54 Å². The maximum absolute atomic E-state index is 5.62. The van der Waals surface area contributed by atoms with Gasteiger partial charge in [-0.2, -0.15) is 0 Å². The molecule has 3 nitrogen and oxygen atoms in total. The van der Waals surface area contributed by atoms with Gasteiger partial charge in [0.15, 0.2) is 0 Å². The normalized spacial score (nSPS) is 14.1. The molecule has 19 heavy (non-hydrogen) atoms. The summed E-state index contributed by atoms with van der Waals surface area (Å²) in [5, 5.41) is 3.60. The molecule has 0 saturated carbocycles. The minimum Gasteiger partial charge on any atom is -0.465 e. The van der Waals surface area contributed by atoms with Crippen LogP contribution in [0.1, 0.15) is 45.6 Å². The molecule has 1 rings (SSSR count). The van der Waals surface area contributed by atoms with Crippen molar-refractivity contribution in [3.05, 3.63) is 23.7 Å². The average Bonchev–Trinajstić information content (AvgIpc) is 2.68. The predicted octanol–water partition coefficient (Wildman–Crippen LogP) is 3.43. The molecule has 1 N–H and O–H groups in total. The molecule has 0 aliphatic carbocycles. The molecule has 0 aliphatic heterocycles. The van der Waals surface area contributed by atoms with E-state index in [4.69, 9.17) is 4.42 Å². The van der Waals surface area contributed by atoms with E-state index >= 15 is 0 Å². The Kier molecular flexibility index (Phi) is 6.08. The van der Waals surface area contributed by atoms with Gasteiger partial charge in [0, 0.05) is 6.04 Å². The molecule has 0 fully saturated rings. The van der Waals surface area contributed by atoms with Crippen molar-refractivity contribution in [2.24, 2.45) is 5.41 Å². The van der Waals surface area contributed by atoms with Gasteiger partial charge in [-0.05, 0) is 51.0 Å². The van der Waals surface area contributed by atoms with E-state index in [0.29, 0.717) is 11.5 Å². The SMILES string of the molecule is CCNC(CCN(C)Cc1ccc(C)o1)C(C)(C)C. The van der Waals surface area contributed by atoms with Gasteiger partial charge >= 0.3 is 0 Å². The zero-order valence-corrected chi connectivity index (χ0v) is 13.4. The topological polar surface area (TPSA) is 28.4 Å². The van der Waals surface area contributed by atoms with Crippen molar-refractivity contribution in [2.75, 3.05) is 20.1 Å². The molecule has 0 amide bonds. The standard InChI is InChI=1S/C16H30N2O/c1-7-17-15(16(3,4)5)10-11-18(6)12-14-9-8-13(2)19-14/h8-9,15,17H,7,10-12H2,1-6H3. The van der Waals surface area contributed by atoms with Gasteiger partial charge in [0.2, 0.25) is 0 Å². The summed E-state index contributed by atoms with van der Waals surface area (Å²) in [6.07, 6.45) is 1.16. The third-order valence-electron chi connectivity index (χ3n) is 3.52. The number of furan rings is 1. The Morgan fingerprint density at radius 3 is 2.47 bits per heavy atom. The first kappa shape index (κ1) is 16.3. The van der Waals surface area contributed by atoms with E-state index in [1.54, 1.807) is 0 Å². The van der Waals surface area contributed by atoms with E-state index in [1.807, 2.05) is 13.0 Å². The van der Waals surface area contributed by atoms with Gasteiger partial charge in [-0.25, -0.2) is 0 Å². The number of hydrogen-bond acceptors (Lipinski definition) is 3. The van der Waals surface area contributed by atoms with Crippen molar-refractivity contribution in [3.63, 3.8) is 0 Å². The number of nitrogens with one attached hydrogen (secondary N) is 1. The van der Waals surface area contributed by atoms with Gasteiger partial charge in [0.25, 0.3) is 0 Å². The van der Waals surface area contributed by atoms with Crippen LogP contribution in [0.5, 0.6) is 0 Å². The number of hydrogen-bond donors (Lipinski definition) is 1. The average molecular weight is 266 g/mol. The molecule has 1 unspecified atom stereocenters. The fourth-order valence-corrected chi connectivity index (χ4v) is 2.35. The molecule has 0 saturated heterocycles. The first-order valence-corrected chi connectivity index (χ1v) is 7.30. The van der Waals surface area contributed by atoms with Crippen molar-refractivity contribution in [1.82, 2.24) is 10.2 Å². The van der Waals surface area contributed by atoms with E-state index < -0.39 is 0 Å². The van der Waals surface area contributed by atoms with Gasteiger partial charge in [-0.15, -0.1) is 0 Å². The zero-order chi connectivity index (χ0) is 14.5. The minimum atomic E-state index is 0.304. The summed E-state index contributed by atoms with van der Waals surface area (Å²) in [6, 6.07) is 4.65. The Balaban J connectivity index is 2.41. The lowest BCUT2D eigenvalue weighted by Gasteiger charge is -2.32. The monoisotopic (exact) mass is 266 g/mol. The van der Waals surface area contributed by atoms with E-state index in [9.17, 15) is 0 Å². The Labute approximate surface area is 118 Å². The first-order chi connectivity index (χ1) is 8.82. The highest BCUT2D eigenvalue weighted by atomic mass is 16.3. The number of rotatable bonds is 7. The van der Waals surface area contributed by atoms with Gasteiger partial charge in [-0.1, -0.05) is 27.7 Å². The lowest BCUT2D eigenvalue weighted by Crippen LogP contribution is -2.42. The molecule has 0 aromatic carbocycles. The van der Waals surface area contributed by atoms with Crippen LogP contribution in [0.3, 0.4) is 0 Å². The van der Waals surface area contributed by atoms with Crippen LogP contribution in [-0.2, 0) is 6.54 Å². The lowest BCUT2D eigenvalue weighted by atomic mass is 9.84. The quantitative estimate of drug-likeness (QED) is 0.819. The molecule has 1 heterocycles. The van der Waals surface area contributed by atoms with Crippen LogP contribution in [0.4, 0.5) is 0 Å². The Morgan fingerprint density at radius 1 is 1.32 bits per heavy atom. The molecule has 1 aromatic rings. The second kappa shape index (κ2) is 7.11. The van der Waals surface area contributed by atoms with Crippen LogP contribution >= 0.6 is 0 Å². The Hall–Kier alpha value is -0.800. The third-order valence-corrected chi connectivity index (χ3v) is 3.52. The van der Waals surface area contributed by atoms with Gasteiger partial charge in [-0.3, -0.25) is 4.90 Å². The fraction of sp³-hybridized carbons (Fsp3) is 0.750. The largest absolute Gasteiger partial charge is 0.465 e. The van der Waals surface area contributed by atoms with E-state index in [2.05, 4.69) is 51.0 Å². The van der Waals surface area contributed by atoms with E-state index in [1.165, 1.54) is 0 Å². The Bertz CT molecular complexity index is 365. The second-order valence-electron chi connectivity index (χ2n) is 6.52. The summed E-state index contributed by atoms with van der Waals surface area (Å²) < 4.78 is 5.62. The highest BCUT2D eigenvalue weighted by molar-refractivity contribution is 5.05. The number of aryl methyl sites for hydroxylation is 1. The summed E-state index contributed by atoms with van der Waals surface area (Å²) in [5.74, 6) is 2.04. The molecule has 1 aromatic heterocycles. The van der Waals surface area contributed by atoms with Crippen LogP contribution in [0.2, 0.25) is 0 Å². The van der Waals surface area contributed by atoms with E-state index in [-0.39, 0.29) is 0 Å². The lowest BCUT2D eigenvalue weighted by molar-refractivity contribution is 0.214. The molecule has 0 aliphatic rings. The summed E-state index contributed by atoms with van der Waals surface area (Å²) >= 11 is 0. The highest BCUT2D eigenvalue weighted by Gasteiger charge is 2.23. The minimum absolute atomic E-state index is 0.304. The van der Waals surface area contributed by atoms with Crippen LogP contribution in [0.15, 0.2) is 16.5 Å². The molecule has 0 spiro atoms. The highest BCUT2D eigenvalue weighted by Crippen LogP contribution is 2.22. The molecule has 3 heteroatoms. The van der Waals surface area contributed by atoms with Crippen molar-refractivity contribution in [3.8, 4) is 0 Å². The van der Waals surface area contributed by atoms with Gasteiger partial charge < -0.3 is 9.73 Å². The van der Waals surface area contributed by atoms with Crippen LogP contribution in [0.25, 0.3) is 0 Å². The first-order valence-electron chi connectivity index (χ1n) is 7.30. The molecule has 0 radical (unpaired) electrons.